The van der Waals surface area contributed by atoms with Crippen molar-refractivity contribution in [2.24, 2.45) is 23.0 Å². The molecule has 4 amide bonds. The van der Waals surface area contributed by atoms with Crippen LogP contribution in [0.25, 0.3) is 0 Å². The Morgan fingerprint density at radius 2 is 1.34 bits per heavy atom. The van der Waals surface area contributed by atoms with E-state index >= 15 is 0 Å². The Morgan fingerprint density at radius 1 is 0.844 bits per heavy atom. The minimum absolute atomic E-state index is 0.199. The first-order valence-corrected chi connectivity index (χ1v) is 11.7. The second-order valence-corrected chi connectivity index (χ2v) is 10.8. The number of amides is 4. The third-order valence-corrected chi connectivity index (χ3v) is 5.98. The first kappa shape index (κ1) is 27.9. The van der Waals surface area contributed by atoms with E-state index in [-0.39, 0.29) is 17.7 Å². The summed E-state index contributed by atoms with van der Waals surface area (Å²) < 4.78 is 0.765. The van der Waals surface area contributed by atoms with E-state index in [1.54, 1.807) is 39.8 Å². The van der Waals surface area contributed by atoms with Gasteiger partial charge in [0.05, 0.1) is 5.56 Å². The molecule has 32 heavy (non-hydrogen) atoms. The predicted octanol–water partition coefficient (Wildman–Crippen LogP) is 2.20. The number of nitrogens with two attached hydrogens (primary N) is 1. The van der Waals surface area contributed by atoms with E-state index in [2.05, 4.69) is 38.5 Å². The molecule has 1 aromatic rings. The molecule has 0 unspecified atom stereocenters. The van der Waals surface area contributed by atoms with Gasteiger partial charge < -0.3 is 21.7 Å². The van der Waals surface area contributed by atoms with Gasteiger partial charge in [-0.05, 0) is 52.0 Å². The number of benzene rings is 1. The molecule has 0 aliphatic heterocycles. The van der Waals surface area contributed by atoms with Crippen LogP contribution in [0.15, 0.2) is 24.3 Å². The number of primary amides is 1. The molecule has 8 nitrogen and oxygen atoms in total. The normalized spacial score (nSPS) is 14.4. The number of carbonyl (C=O) groups excluding carboxylic acids is 4. The first-order chi connectivity index (χ1) is 14.7. The van der Waals surface area contributed by atoms with Crippen molar-refractivity contribution in [3.8, 4) is 0 Å². The lowest BCUT2D eigenvalue weighted by Gasteiger charge is -2.33. The van der Waals surface area contributed by atoms with Crippen LogP contribution < -0.4 is 21.7 Å². The van der Waals surface area contributed by atoms with E-state index in [0.29, 0.717) is 5.56 Å². The Hall–Kier alpha value is -2.17. The van der Waals surface area contributed by atoms with Gasteiger partial charge >= 0.3 is 0 Å². The summed E-state index contributed by atoms with van der Waals surface area (Å²) in [5.74, 6) is -2.45. The van der Waals surface area contributed by atoms with E-state index < -0.39 is 41.3 Å². The Morgan fingerprint density at radius 3 is 1.78 bits per heavy atom. The van der Waals surface area contributed by atoms with Crippen molar-refractivity contribution >= 4 is 46.2 Å². The van der Waals surface area contributed by atoms with Gasteiger partial charge in [-0.3, -0.25) is 19.2 Å². The van der Waals surface area contributed by atoms with Gasteiger partial charge in [-0.1, -0.05) is 60.6 Å². The quantitative estimate of drug-likeness (QED) is 0.346. The molecule has 0 saturated carbocycles. The first-order valence-electron chi connectivity index (χ1n) is 10.6. The Kier molecular flexibility index (Phi) is 10.1. The topological polar surface area (TPSA) is 130 Å². The SMILES string of the molecule is CC(C)[C@H](NC(=O)[C@@H](NC(=O)[C@@H](NC(=O)c1ccccc1I)C(C)(C)C)C(C)C)C(N)=O. The molecule has 0 fully saturated rings. The zero-order valence-electron chi connectivity index (χ0n) is 19.8. The van der Waals surface area contributed by atoms with E-state index in [1.165, 1.54) is 0 Å². The summed E-state index contributed by atoms with van der Waals surface area (Å²) >= 11 is 2.07. The lowest BCUT2D eigenvalue weighted by Crippen LogP contribution is -2.60. The van der Waals surface area contributed by atoms with Crippen molar-refractivity contribution in [3.05, 3.63) is 33.4 Å². The van der Waals surface area contributed by atoms with E-state index in [4.69, 9.17) is 5.73 Å². The second-order valence-electron chi connectivity index (χ2n) is 9.62. The van der Waals surface area contributed by atoms with Crippen LogP contribution in [0.2, 0.25) is 0 Å². The van der Waals surface area contributed by atoms with Crippen molar-refractivity contribution in [2.45, 2.75) is 66.6 Å². The highest BCUT2D eigenvalue weighted by atomic mass is 127. The third kappa shape index (κ3) is 7.75. The molecule has 0 aliphatic rings. The van der Waals surface area contributed by atoms with Gasteiger partial charge in [0, 0.05) is 3.57 Å². The molecule has 1 aromatic carbocycles. The number of hydrogen-bond acceptors (Lipinski definition) is 4. The van der Waals surface area contributed by atoms with Crippen LogP contribution in [-0.4, -0.2) is 41.8 Å². The Bertz CT molecular complexity index is 849. The summed E-state index contributed by atoms with van der Waals surface area (Å²) in [5, 5.41) is 8.21. The zero-order valence-corrected chi connectivity index (χ0v) is 21.9. The Labute approximate surface area is 204 Å². The molecular weight excluding hydrogens is 523 g/mol. The maximum atomic E-state index is 13.2. The van der Waals surface area contributed by atoms with Crippen molar-refractivity contribution in [2.75, 3.05) is 0 Å². The number of halogens is 1. The maximum Gasteiger partial charge on any atom is 0.253 e. The van der Waals surface area contributed by atoms with Crippen LogP contribution in [0.4, 0.5) is 0 Å². The van der Waals surface area contributed by atoms with Gasteiger partial charge in [-0.25, -0.2) is 0 Å². The van der Waals surface area contributed by atoms with Crippen LogP contribution >= 0.6 is 22.6 Å². The molecule has 0 heterocycles. The number of carbonyl (C=O) groups is 4. The molecule has 178 valence electrons. The minimum Gasteiger partial charge on any atom is -0.368 e. The van der Waals surface area contributed by atoms with Gasteiger partial charge in [0.25, 0.3) is 5.91 Å². The lowest BCUT2D eigenvalue weighted by atomic mass is 9.85. The average Bonchev–Trinajstić information content (AvgIpc) is 2.66. The van der Waals surface area contributed by atoms with Gasteiger partial charge in [-0.2, -0.15) is 0 Å². The van der Waals surface area contributed by atoms with Crippen LogP contribution in [-0.2, 0) is 14.4 Å². The van der Waals surface area contributed by atoms with E-state index in [1.807, 2.05) is 32.9 Å². The largest absolute Gasteiger partial charge is 0.368 e. The number of rotatable bonds is 9. The minimum atomic E-state index is -0.901. The maximum absolute atomic E-state index is 13.2. The summed E-state index contributed by atoms with van der Waals surface area (Å²) in [6.45, 7) is 12.6. The fraction of sp³-hybridized carbons (Fsp3) is 0.565. The highest BCUT2D eigenvalue weighted by Gasteiger charge is 2.37. The fourth-order valence-corrected chi connectivity index (χ4v) is 3.74. The molecular formula is C23H35IN4O4. The van der Waals surface area contributed by atoms with Crippen molar-refractivity contribution in [1.29, 1.82) is 0 Å². The van der Waals surface area contributed by atoms with Crippen LogP contribution in [0.3, 0.4) is 0 Å². The standard InChI is InChI=1S/C23H35IN4O4/c1-12(2)16(19(25)29)26-21(31)17(13(3)4)27-22(32)18(23(5,6)7)28-20(30)14-10-8-9-11-15(14)24/h8-13,16-18H,1-7H3,(H2,25,29)(H,26,31)(H,27,32)(H,28,30)/t16-,17-,18+/m0/s1. The van der Waals surface area contributed by atoms with Crippen molar-refractivity contribution < 1.29 is 19.2 Å². The molecule has 0 bridgehead atoms. The summed E-state index contributed by atoms with van der Waals surface area (Å²) in [7, 11) is 0. The summed E-state index contributed by atoms with van der Waals surface area (Å²) in [4.78, 5) is 50.6. The zero-order chi connectivity index (χ0) is 24.8. The van der Waals surface area contributed by atoms with Crippen LogP contribution in [0.5, 0.6) is 0 Å². The molecule has 5 N–H and O–H groups in total. The molecule has 0 radical (unpaired) electrons. The van der Waals surface area contributed by atoms with Crippen LogP contribution in [0.1, 0.15) is 58.8 Å². The molecule has 0 spiro atoms. The van der Waals surface area contributed by atoms with E-state index in [0.717, 1.165) is 3.57 Å². The van der Waals surface area contributed by atoms with Gasteiger partial charge in [0.15, 0.2) is 0 Å². The highest BCUT2D eigenvalue weighted by Crippen LogP contribution is 2.21. The van der Waals surface area contributed by atoms with Crippen LogP contribution in [0, 0.1) is 20.8 Å². The fourth-order valence-electron chi connectivity index (χ4n) is 3.11. The lowest BCUT2D eigenvalue weighted by molar-refractivity contribution is -0.134. The average molecular weight is 558 g/mol. The number of hydrogen-bond donors (Lipinski definition) is 4. The summed E-state index contributed by atoms with van der Waals surface area (Å²) in [5.41, 5.74) is 5.25. The second kappa shape index (κ2) is 11.6. The van der Waals surface area contributed by atoms with Crippen molar-refractivity contribution in [1.82, 2.24) is 16.0 Å². The summed E-state index contributed by atoms with van der Waals surface area (Å²) in [6, 6.07) is 4.44. The van der Waals surface area contributed by atoms with Gasteiger partial charge in [0.2, 0.25) is 17.7 Å². The molecule has 0 saturated heterocycles. The Balaban J connectivity index is 3.08. The molecule has 3 atom stereocenters. The van der Waals surface area contributed by atoms with E-state index in [9.17, 15) is 19.2 Å². The molecule has 1 rings (SSSR count). The molecule has 0 aliphatic carbocycles. The van der Waals surface area contributed by atoms with Gasteiger partial charge in [-0.15, -0.1) is 0 Å². The molecule has 0 aromatic heterocycles. The summed E-state index contributed by atoms with van der Waals surface area (Å²) in [6.07, 6.45) is 0. The number of nitrogens with one attached hydrogen (secondary N) is 3. The monoisotopic (exact) mass is 558 g/mol. The third-order valence-electron chi connectivity index (χ3n) is 5.04. The highest BCUT2D eigenvalue weighted by molar-refractivity contribution is 14.1. The predicted molar refractivity (Wildman–Crippen MR) is 133 cm³/mol. The smallest absolute Gasteiger partial charge is 0.253 e. The molecule has 9 heteroatoms. The van der Waals surface area contributed by atoms with Gasteiger partial charge in [0.1, 0.15) is 18.1 Å². The van der Waals surface area contributed by atoms with Crippen molar-refractivity contribution in [3.63, 3.8) is 0 Å².